The molecule has 0 amide bonds. The van der Waals surface area contributed by atoms with Crippen LogP contribution in [-0.4, -0.2) is 10.9 Å². The van der Waals surface area contributed by atoms with Crippen LogP contribution in [0.4, 0.5) is 5.69 Å². The molecule has 0 atom stereocenters. The van der Waals surface area contributed by atoms with Gasteiger partial charge in [-0.25, -0.2) is 4.79 Å². The Morgan fingerprint density at radius 1 is 0.923 bits per heavy atom. The summed E-state index contributed by atoms with van der Waals surface area (Å²) in [5, 5.41) is 11.3. The van der Waals surface area contributed by atoms with Crippen LogP contribution in [0.3, 0.4) is 0 Å². The summed E-state index contributed by atoms with van der Waals surface area (Å²) in [6, 6.07) is 21.8. The molecule has 0 bridgehead atoms. The molecule has 3 aromatic rings. The van der Waals surface area contributed by atoms with E-state index in [1.165, 1.54) is 12.1 Å². The Morgan fingerprint density at radius 3 is 2.23 bits per heavy atom. The Kier molecular flexibility index (Phi) is 5.24. The molecular weight excluding hydrogens is 334 g/mol. The van der Waals surface area contributed by atoms with Gasteiger partial charge in [-0.15, -0.1) is 0 Å². The Bertz CT molecular complexity index is 910. The molecule has 3 aromatic carbocycles. The number of carbonyl (C=O) groups is 1. The van der Waals surface area contributed by atoms with Crippen LogP contribution in [-0.2, 0) is 11.3 Å². The van der Waals surface area contributed by atoms with Crippen LogP contribution in [0.25, 0.3) is 0 Å². The molecule has 0 radical (unpaired) electrons. The van der Waals surface area contributed by atoms with E-state index in [4.69, 9.17) is 9.47 Å². The van der Waals surface area contributed by atoms with Crippen molar-refractivity contribution >= 4 is 11.7 Å². The van der Waals surface area contributed by atoms with Gasteiger partial charge in [0.2, 0.25) is 5.75 Å². The van der Waals surface area contributed by atoms with Gasteiger partial charge >= 0.3 is 11.7 Å². The van der Waals surface area contributed by atoms with E-state index in [-0.39, 0.29) is 18.0 Å². The Labute approximate surface area is 149 Å². The molecule has 0 spiro atoms. The lowest BCUT2D eigenvalue weighted by Crippen LogP contribution is -2.05. The van der Waals surface area contributed by atoms with Crippen LogP contribution in [0.2, 0.25) is 0 Å². The van der Waals surface area contributed by atoms with Crippen molar-refractivity contribution in [2.24, 2.45) is 0 Å². The third-order valence-corrected chi connectivity index (χ3v) is 3.57. The molecule has 0 saturated carbocycles. The van der Waals surface area contributed by atoms with E-state index in [2.05, 4.69) is 0 Å². The fraction of sp³-hybridized carbons (Fsp3) is 0.0500. The third kappa shape index (κ3) is 4.24. The van der Waals surface area contributed by atoms with E-state index in [9.17, 15) is 14.9 Å². The van der Waals surface area contributed by atoms with Crippen LogP contribution >= 0.6 is 0 Å². The predicted octanol–water partition coefficient (Wildman–Crippen LogP) is 4.74. The van der Waals surface area contributed by atoms with Gasteiger partial charge in [-0.3, -0.25) is 10.1 Å². The van der Waals surface area contributed by atoms with Gasteiger partial charge in [0, 0.05) is 6.07 Å². The highest BCUT2D eigenvalue weighted by Crippen LogP contribution is 2.32. The van der Waals surface area contributed by atoms with Crippen molar-refractivity contribution in [1.29, 1.82) is 0 Å². The Hall–Kier alpha value is -3.67. The van der Waals surface area contributed by atoms with Gasteiger partial charge in [0.25, 0.3) is 0 Å². The smallest absolute Gasteiger partial charge is 0.338 e. The summed E-state index contributed by atoms with van der Waals surface area (Å²) in [6.45, 7) is -0.0693. The first-order valence-corrected chi connectivity index (χ1v) is 7.86. The maximum absolute atomic E-state index is 12.0. The molecule has 0 aromatic heterocycles. The second-order valence-electron chi connectivity index (χ2n) is 5.42. The highest BCUT2D eigenvalue weighted by molar-refractivity contribution is 5.89. The summed E-state index contributed by atoms with van der Waals surface area (Å²) in [6.07, 6.45) is 0. The fourth-order valence-electron chi connectivity index (χ4n) is 2.30. The summed E-state index contributed by atoms with van der Waals surface area (Å²) in [5.74, 6) is 0.135. The molecule has 26 heavy (non-hydrogen) atoms. The Balaban J connectivity index is 1.74. The highest BCUT2D eigenvalue weighted by atomic mass is 16.6. The average Bonchev–Trinajstić information content (AvgIpc) is 2.68. The zero-order valence-corrected chi connectivity index (χ0v) is 13.7. The van der Waals surface area contributed by atoms with E-state index in [1.54, 1.807) is 60.7 Å². The first-order valence-electron chi connectivity index (χ1n) is 7.86. The zero-order valence-electron chi connectivity index (χ0n) is 13.7. The molecule has 0 unspecified atom stereocenters. The quantitative estimate of drug-likeness (QED) is 0.365. The van der Waals surface area contributed by atoms with Gasteiger partial charge in [-0.1, -0.05) is 42.5 Å². The molecule has 0 aliphatic carbocycles. The molecule has 0 N–H and O–H groups in total. The highest BCUT2D eigenvalue weighted by Gasteiger charge is 2.17. The fourth-order valence-corrected chi connectivity index (χ4v) is 2.30. The normalized spacial score (nSPS) is 10.2. The molecule has 0 aliphatic heterocycles. The maximum atomic E-state index is 12.0. The molecule has 6 heteroatoms. The number of para-hydroxylation sites is 1. The molecule has 3 rings (SSSR count). The van der Waals surface area contributed by atoms with Crippen molar-refractivity contribution in [3.8, 4) is 11.5 Å². The third-order valence-electron chi connectivity index (χ3n) is 3.57. The number of esters is 1. The molecule has 0 aliphatic rings. The summed E-state index contributed by atoms with van der Waals surface area (Å²) in [7, 11) is 0. The summed E-state index contributed by atoms with van der Waals surface area (Å²) in [4.78, 5) is 22.8. The second-order valence-corrected chi connectivity index (χ2v) is 5.42. The van der Waals surface area contributed by atoms with Crippen LogP contribution in [0, 0.1) is 10.1 Å². The first-order chi connectivity index (χ1) is 12.6. The molecule has 0 heterocycles. The number of benzene rings is 3. The van der Waals surface area contributed by atoms with Crippen molar-refractivity contribution in [3.05, 3.63) is 100 Å². The van der Waals surface area contributed by atoms with E-state index in [1.807, 2.05) is 6.07 Å². The first kappa shape index (κ1) is 17.2. The van der Waals surface area contributed by atoms with E-state index >= 15 is 0 Å². The lowest BCUT2D eigenvalue weighted by Gasteiger charge is -2.09. The zero-order chi connectivity index (χ0) is 18.4. The van der Waals surface area contributed by atoms with Crippen molar-refractivity contribution in [1.82, 2.24) is 0 Å². The molecular formula is C20H15NO5. The molecule has 6 nitrogen and oxygen atoms in total. The summed E-state index contributed by atoms with van der Waals surface area (Å²) in [5.41, 5.74) is 0.731. The number of nitro groups is 1. The van der Waals surface area contributed by atoms with Crippen molar-refractivity contribution < 1.29 is 19.2 Å². The molecule has 0 saturated heterocycles. The van der Waals surface area contributed by atoms with E-state index < -0.39 is 10.9 Å². The lowest BCUT2D eigenvalue weighted by atomic mass is 10.2. The van der Waals surface area contributed by atoms with Crippen LogP contribution in [0.15, 0.2) is 78.9 Å². The Morgan fingerprint density at radius 2 is 1.58 bits per heavy atom. The van der Waals surface area contributed by atoms with Crippen LogP contribution in [0.1, 0.15) is 15.9 Å². The second kappa shape index (κ2) is 7.94. The maximum Gasteiger partial charge on any atom is 0.338 e. The summed E-state index contributed by atoms with van der Waals surface area (Å²) < 4.78 is 10.8. The minimum Gasteiger partial charge on any atom is -0.457 e. The lowest BCUT2D eigenvalue weighted by molar-refractivity contribution is -0.385. The van der Waals surface area contributed by atoms with Crippen molar-refractivity contribution in [2.45, 2.75) is 6.61 Å². The number of nitrogens with zero attached hydrogens (tertiary/aromatic N) is 1. The van der Waals surface area contributed by atoms with Gasteiger partial charge in [-0.2, -0.15) is 0 Å². The molecule has 0 fully saturated rings. The van der Waals surface area contributed by atoms with E-state index in [0.717, 1.165) is 0 Å². The monoisotopic (exact) mass is 349 g/mol. The van der Waals surface area contributed by atoms with Gasteiger partial charge in [0.05, 0.1) is 10.5 Å². The summed E-state index contributed by atoms with van der Waals surface area (Å²) >= 11 is 0. The minimum atomic E-state index is -0.527. The average molecular weight is 349 g/mol. The standard InChI is InChI=1S/C20H15NO5/c22-20(16-7-3-1-4-8-16)25-14-15-11-12-19(18(13-15)21(23)24)26-17-9-5-2-6-10-17/h1-13H,14H2. The minimum absolute atomic E-state index is 0.0693. The number of hydrogen-bond donors (Lipinski definition) is 0. The largest absolute Gasteiger partial charge is 0.457 e. The number of rotatable bonds is 6. The van der Waals surface area contributed by atoms with Crippen molar-refractivity contribution in [2.75, 3.05) is 0 Å². The predicted molar refractivity (Wildman–Crippen MR) is 95.2 cm³/mol. The van der Waals surface area contributed by atoms with Gasteiger partial charge < -0.3 is 9.47 Å². The van der Waals surface area contributed by atoms with Gasteiger partial charge in [0.1, 0.15) is 12.4 Å². The number of hydrogen-bond acceptors (Lipinski definition) is 5. The topological polar surface area (TPSA) is 78.7 Å². The van der Waals surface area contributed by atoms with Crippen molar-refractivity contribution in [3.63, 3.8) is 0 Å². The van der Waals surface area contributed by atoms with Crippen LogP contribution < -0.4 is 4.74 Å². The number of nitro benzene ring substituents is 1. The SMILES string of the molecule is O=C(OCc1ccc(Oc2ccccc2)c([N+](=O)[O-])c1)c1ccccc1. The van der Waals surface area contributed by atoms with Crippen LogP contribution in [0.5, 0.6) is 11.5 Å². The number of ether oxygens (including phenoxy) is 2. The van der Waals surface area contributed by atoms with E-state index in [0.29, 0.717) is 16.9 Å². The molecule has 130 valence electrons. The van der Waals surface area contributed by atoms with Gasteiger partial charge in [-0.05, 0) is 35.9 Å². The number of carbonyl (C=O) groups excluding carboxylic acids is 1. The van der Waals surface area contributed by atoms with Gasteiger partial charge in [0.15, 0.2) is 0 Å².